The van der Waals surface area contributed by atoms with Gasteiger partial charge in [-0.2, -0.15) is 0 Å². The molecule has 3 rings (SSSR count). The maximum absolute atomic E-state index is 11.4. The molecule has 4 nitrogen and oxygen atoms in total. The molecule has 0 atom stereocenters. The van der Waals surface area contributed by atoms with Gasteiger partial charge >= 0.3 is 5.97 Å². The summed E-state index contributed by atoms with van der Waals surface area (Å²) in [7, 11) is 1.35. The van der Waals surface area contributed by atoms with Crippen LogP contribution in [0.25, 0.3) is 0 Å². The highest BCUT2D eigenvalue weighted by Gasteiger charge is 2.30. The van der Waals surface area contributed by atoms with Crippen molar-refractivity contribution in [1.29, 1.82) is 0 Å². The summed E-state index contributed by atoms with van der Waals surface area (Å²) in [5.74, 6) is 3.07. The minimum Gasteiger partial charge on any atom is -0.463 e. The molecule has 0 spiro atoms. The summed E-state index contributed by atoms with van der Waals surface area (Å²) in [6, 6.07) is 0. The Labute approximate surface area is 139 Å². The highest BCUT2D eigenvalue weighted by atomic mass is 16.5. The first-order valence-corrected chi connectivity index (χ1v) is 9.07. The van der Waals surface area contributed by atoms with E-state index in [1.807, 2.05) is 12.4 Å². The lowest BCUT2D eigenvalue weighted by Crippen LogP contribution is -2.25. The first kappa shape index (κ1) is 16.4. The van der Waals surface area contributed by atoms with Crippen LogP contribution in [-0.2, 0) is 4.74 Å². The molecular weight excluding hydrogens is 288 g/mol. The summed E-state index contributed by atoms with van der Waals surface area (Å²) in [6.07, 6.45) is 14.5. The van der Waals surface area contributed by atoms with Crippen LogP contribution >= 0.6 is 0 Å². The Hall–Kier alpha value is -1.45. The SMILES string of the molecule is COC(=O)c1ncc(C2CCC(C3CCC(C)CC3)CC2)cn1. The van der Waals surface area contributed by atoms with E-state index in [9.17, 15) is 4.79 Å². The Morgan fingerprint density at radius 1 is 0.957 bits per heavy atom. The Morgan fingerprint density at radius 3 is 2.00 bits per heavy atom. The number of carbonyl (C=O) groups excluding carboxylic acids is 1. The number of hydrogen-bond donors (Lipinski definition) is 0. The molecule has 0 radical (unpaired) electrons. The van der Waals surface area contributed by atoms with Crippen LogP contribution in [0.5, 0.6) is 0 Å². The third kappa shape index (κ3) is 3.91. The van der Waals surface area contributed by atoms with E-state index in [4.69, 9.17) is 0 Å². The molecule has 1 heterocycles. The van der Waals surface area contributed by atoms with E-state index in [1.165, 1.54) is 64.0 Å². The normalized spacial score (nSPS) is 31.6. The Balaban J connectivity index is 1.53. The summed E-state index contributed by atoms with van der Waals surface area (Å²) in [4.78, 5) is 19.7. The van der Waals surface area contributed by atoms with Crippen molar-refractivity contribution in [3.8, 4) is 0 Å². The van der Waals surface area contributed by atoms with Crippen LogP contribution in [0.1, 0.15) is 80.4 Å². The fourth-order valence-electron chi connectivity index (χ4n) is 4.43. The van der Waals surface area contributed by atoms with Gasteiger partial charge in [0.25, 0.3) is 0 Å². The number of rotatable bonds is 3. The summed E-state index contributed by atoms with van der Waals surface area (Å²) in [6.45, 7) is 2.39. The second-order valence-electron chi connectivity index (χ2n) is 7.46. The van der Waals surface area contributed by atoms with Crippen LogP contribution in [0.3, 0.4) is 0 Å². The Bertz CT molecular complexity index is 513. The number of aromatic nitrogens is 2. The van der Waals surface area contributed by atoms with Crippen LogP contribution in [0.4, 0.5) is 0 Å². The lowest BCUT2D eigenvalue weighted by atomic mass is 9.69. The van der Waals surface area contributed by atoms with Crippen molar-refractivity contribution >= 4 is 5.97 Å². The standard InChI is InChI=1S/C19H28N2O2/c1-13-3-5-14(6-4-13)15-7-9-16(10-8-15)17-11-20-18(21-12-17)19(22)23-2/h11-16H,3-10H2,1-2H3. The number of methoxy groups -OCH3 is 1. The first-order valence-electron chi connectivity index (χ1n) is 9.07. The van der Waals surface area contributed by atoms with Gasteiger partial charge in [0.1, 0.15) is 0 Å². The highest BCUT2D eigenvalue weighted by molar-refractivity contribution is 5.84. The third-order valence-electron chi connectivity index (χ3n) is 6.01. The minimum atomic E-state index is -0.466. The molecule has 2 saturated carbocycles. The third-order valence-corrected chi connectivity index (χ3v) is 6.01. The number of nitrogens with zero attached hydrogens (tertiary/aromatic N) is 2. The van der Waals surface area contributed by atoms with Gasteiger partial charge in [-0.3, -0.25) is 0 Å². The molecule has 0 unspecified atom stereocenters. The van der Waals surface area contributed by atoms with E-state index >= 15 is 0 Å². The van der Waals surface area contributed by atoms with Gasteiger partial charge in [0.15, 0.2) is 0 Å². The van der Waals surface area contributed by atoms with Gasteiger partial charge in [0.05, 0.1) is 7.11 Å². The lowest BCUT2D eigenvalue weighted by molar-refractivity contribution is 0.0586. The van der Waals surface area contributed by atoms with Gasteiger partial charge in [0.2, 0.25) is 5.82 Å². The topological polar surface area (TPSA) is 52.1 Å². The largest absolute Gasteiger partial charge is 0.463 e. The van der Waals surface area contributed by atoms with Crippen LogP contribution in [-0.4, -0.2) is 23.0 Å². The molecule has 4 heteroatoms. The molecule has 23 heavy (non-hydrogen) atoms. The monoisotopic (exact) mass is 316 g/mol. The van der Waals surface area contributed by atoms with E-state index in [-0.39, 0.29) is 5.82 Å². The Morgan fingerprint density at radius 2 is 1.48 bits per heavy atom. The molecule has 0 aromatic carbocycles. The van der Waals surface area contributed by atoms with Crippen LogP contribution in [0.2, 0.25) is 0 Å². The van der Waals surface area contributed by atoms with Crippen molar-refractivity contribution in [2.75, 3.05) is 7.11 Å². The molecule has 2 aliphatic carbocycles. The molecule has 0 N–H and O–H groups in total. The van der Waals surface area contributed by atoms with Crippen molar-refractivity contribution in [3.63, 3.8) is 0 Å². The average Bonchev–Trinajstić information content (AvgIpc) is 2.62. The Kier molecular flexibility index (Phi) is 5.29. The van der Waals surface area contributed by atoms with Crippen molar-refractivity contribution < 1.29 is 9.53 Å². The van der Waals surface area contributed by atoms with E-state index in [0.717, 1.165) is 17.8 Å². The maximum atomic E-state index is 11.4. The van der Waals surface area contributed by atoms with Gasteiger partial charge < -0.3 is 4.74 Å². The van der Waals surface area contributed by atoms with Gasteiger partial charge in [-0.15, -0.1) is 0 Å². The van der Waals surface area contributed by atoms with Crippen LogP contribution in [0, 0.1) is 17.8 Å². The van der Waals surface area contributed by atoms with Crippen molar-refractivity contribution in [2.45, 2.75) is 64.2 Å². The number of carbonyl (C=O) groups is 1. The molecule has 0 aliphatic heterocycles. The number of hydrogen-bond acceptors (Lipinski definition) is 4. The summed E-state index contributed by atoms with van der Waals surface area (Å²) in [5, 5.41) is 0. The molecular formula is C19H28N2O2. The first-order chi connectivity index (χ1) is 11.2. The van der Waals surface area contributed by atoms with E-state index in [2.05, 4.69) is 21.6 Å². The summed E-state index contributed by atoms with van der Waals surface area (Å²) in [5.41, 5.74) is 1.17. The molecule has 1 aromatic rings. The summed E-state index contributed by atoms with van der Waals surface area (Å²) >= 11 is 0. The molecule has 2 aliphatic rings. The smallest absolute Gasteiger partial charge is 0.376 e. The molecule has 126 valence electrons. The quantitative estimate of drug-likeness (QED) is 0.777. The van der Waals surface area contributed by atoms with Gasteiger partial charge in [-0.25, -0.2) is 14.8 Å². The zero-order chi connectivity index (χ0) is 16.2. The predicted octanol–water partition coefficient (Wildman–Crippen LogP) is 4.36. The average molecular weight is 316 g/mol. The van der Waals surface area contributed by atoms with Crippen LogP contribution < -0.4 is 0 Å². The van der Waals surface area contributed by atoms with Crippen molar-refractivity contribution in [2.24, 2.45) is 17.8 Å². The van der Waals surface area contributed by atoms with E-state index in [1.54, 1.807) is 0 Å². The zero-order valence-electron chi connectivity index (χ0n) is 14.3. The van der Waals surface area contributed by atoms with Crippen molar-refractivity contribution in [1.82, 2.24) is 9.97 Å². The fraction of sp³-hybridized carbons (Fsp3) is 0.737. The van der Waals surface area contributed by atoms with Gasteiger partial charge in [-0.1, -0.05) is 19.8 Å². The van der Waals surface area contributed by atoms with E-state index < -0.39 is 5.97 Å². The summed E-state index contributed by atoms with van der Waals surface area (Å²) < 4.78 is 4.65. The van der Waals surface area contributed by atoms with Gasteiger partial charge in [-0.05, 0) is 67.8 Å². The lowest BCUT2D eigenvalue weighted by Gasteiger charge is -2.37. The highest BCUT2D eigenvalue weighted by Crippen LogP contribution is 2.43. The molecule has 1 aromatic heterocycles. The van der Waals surface area contributed by atoms with Crippen molar-refractivity contribution in [3.05, 3.63) is 23.8 Å². The maximum Gasteiger partial charge on any atom is 0.376 e. The zero-order valence-corrected chi connectivity index (χ0v) is 14.3. The molecule has 2 fully saturated rings. The van der Waals surface area contributed by atoms with Gasteiger partial charge in [0, 0.05) is 12.4 Å². The molecule has 0 amide bonds. The second-order valence-corrected chi connectivity index (χ2v) is 7.46. The number of esters is 1. The minimum absolute atomic E-state index is 0.154. The molecule has 0 saturated heterocycles. The fourth-order valence-corrected chi connectivity index (χ4v) is 4.43. The van der Waals surface area contributed by atoms with E-state index in [0.29, 0.717) is 5.92 Å². The van der Waals surface area contributed by atoms with Crippen LogP contribution in [0.15, 0.2) is 12.4 Å². The predicted molar refractivity (Wildman–Crippen MR) is 89.2 cm³/mol. The molecule has 0 bridgehead atoms. The second kappa shape index (κ2) is 7.41. The number of ether oxygens (including phenoxy) is 1.